The highest BCUT2D eigenvalue weighted by molar-refractivity contribution is 7.80. The van der Waals surface area contributed by atoms with E-state index in [1.807, 2.05) is 66.9 Å². The summed E-state index contributed by atoms with van der Waals surface area (Å²) in [7, 11) is 3.30. The topological polar surface area (TPSA) is 64.4 Å². The van der Waals surface area contributed by atoms with E-state index in [4.69, 9.17) is 21.7 Å². The van der Waals surface area contributed by atoms with Gasteiger partial charge in [0, 0.05) is 30.4 Å². The molecule has 1 fully saturated rings. The molecule has 0 spiro atoms. The van der Waals surface area contributed by atoms with Crippen LogP contribution >= 0.6 is 12.2 Å². The number of aromatic nitrogens is 3. The lowest BCUT2D eigenvalue weighted by molar-refractivity contribution is 0.402. The summed E-state index contributed by atoms with van der Waals surface area (Å²) in [6, 6.07) is 21.2. The Kier molecular flexibility index (Phi) is 5.66. The fourth-order valence-electron chi connectivity index (χ4n) is 4.24. The van der Waals surface area contributed by atoms with Crippen molar-refractivity contribution in [2.75, 3.05) is 19.1 Å². The number of benzene rings is 1. The molecule has 7 nitrogen and oxygen atoms in total. The van der Waals surface area contributed by atoms with Crippen molar-refractivity contribution in [3.05, 3.63) is 96.7 Å². The van der Waals surface area contributed by atoms with Crippen LogP contribution in [0.15, 0.2) is 85.3 Å². The smallest absolute Gasteiger partial charge is 0.174 e. The maximum atomic E-state index is 5.86. The van der Waals surface area contributed by atoms with Gasteiger partial charge < -0.3 is 24.3 Å². The van der Waals surface area contributed by atoms with Crippen LogP contribution in [0.2, 0.25) is 0 Å². The van der Waals surface area contributed by atoms with E-state index in [1.165, 1.54) is 0 Å². The van der Waals surface area contributed by atoms with E-state index in [0.29, 0.717) is 16.6 Å². The molecule has 0 amide bonds. The summed E-state index contributed by atoms with van der Waals surface area (Å²) in [6.45, 7) is 0. The van der Waals surface area contributed by atoms with E-state index in [9.17, 15) is 0 Å². The van der Waals surface area contributed by atoms with Crippen LogP contribution in [0.5, 0.6) is 11.5 Å². The van der Waals surface area contributed by atoms with Crippen LogP contribution in [-0.2, 0) is 0 Å². The molecule has 0 radical (unpaired) electrons. The van der Waals surface area contributed by atoms with E-state index in [0.717, 1.165) is 22.9 Å². The Morgan fingerprint density at radius 1 is 0.909 bits per heavy atom. The Balaban J connectivity index is 1.70. The van der Waals surface area contributed by atoms with Crippen LogP contribution in [-0.4, -0.2) is 33.9 Å². The van der Waals surface area contributed by atoms with Crippen molar-refractivity contribution in [3.63, 3.8) is 0 Å². The number of methoxy groups -OCH3 is 2. The lowest BCUT2D eigenvalue weighted by atomic mass is 10.0. The minimum atomic E-state index is -0.217. The maximum Gasteiger partial charge on any atom is 0.174 e. The van der Waals surface area contributed by atoms with Crippen LogP contribution in [0.3, 0.4) is 0 Å². The van der Waals surface area contributed by atoms with Crippen molar-refractivity contribution in [2.24, 2.45) is 0 Å². The summed E-state index contributed by atoms with van der Waals surface area (Å²) in [6.07, 6.45) is 5.59. The number of anilines is 1. The number of rotatable bonds is 6. The molecule has 1 saturated heterocycles. The van der Waals surface area contributed by atoms with Crippen LogP contribution in [0.4, 0.5) is 5.69 Å². The Morgan fingerprint density at radius 2 is 1.73 bits per heavy atom. The summed E-state index contributed by atoms with van der Waals surface area (Å²) in [4.78, 5) is 11.3. The van der Waals surface area contributed by atoms with Gasteiger partial charge in [-0.15, -0.1) is 0 Å². The summed E-state index contributed by atoms with van der Waals surface area (Å²) in [5.41, 5.74) is 2.72. The monoisotopic (exact) mass is 457 g/mol. The molecule has 1 aromatic carbocycles. The Bertz CT molecular complexity index is 1260. The van der Waals surface area contributed by atoms with Gasteiger partial charge in [0.1, 0.15) is 23.4 Å². The normalized spacial score (nSPS) is 17.6. The zero-order chi connectivity index (χ0) is 22.8. The molecular formula is C25H23N5O2S. The molecule has 1 aliphatic heterocycles. The van der Waals surface area contributed by atoms with Gasteiger partial charge in [0.15, 0.2) is 5.11 Å². The van der Waals surface area contributed by atoms with Crippen molar-refractivity contribution >= 4 is 23.0 Å². The first-order valence-electron chi connectivity index (χ1n) is 10.5. The molecular weight excluding hydrogens is 434 g/mol. The number of thiocarbonyl (C=S) groups is 1. The van der Waals surface area contributed by atoms with Gasteiger partial charge in [0.25, 0.3) is 0 Å². The first-order chi connectivity index (χ1) is 16.2. The molecule has 0 unspecified atom stereocenters. The van der Waals surface area contributed by atoms with Gasteiger partial charge in [-0.05, 0) is 60.7 Å². The number of nitrogens with one attached hydrogen (secondary N) is 1. The van der Waals surface area contributed by atoms with E-state index < -0.39 is 0 Å². The molecule has 33 heavy (non-hydrogen) atoms. The Morgan fingerprint density at radius 3 is 2.42 bits per heavy atom. The third-order valence-electron chi connectivity index (χ3n) is 5.72. The summed E-state index contributed by atoms with van der Waals surface area (Å²) < 4.78 is 13.3. The molecule has 0 aliphatic carbocycles. The predicted octanol–water partition coefficient (Wildman–Crippen LogP) is 4.46. The highest BCUT2D eigenvalue weighted by Crippen LogP contribution is 2.45. The van der Waals surface area contributed by atoms with E-state index in [2.05, 4.69) is 30.8 Å². The van der Waals surface area contributed by atoms with Gasteiger partial charge in [-0.1, -0.05) is 12.1 Å². The van der Waals surface area contributed by atoms with Gasteiger partial charge in [-0.2, -0.15) is 0 Å². The minimum Gasteiger partial charge on any atom is -0.497 e. The third-order valence-corrected chi connectivity index (χ3v) is 6.04. The third kappa shape index (κ3) is 3.78. The Labute approximate surface area is 197 Å². The van der Waals surface area contributed by atoms with Crippen molar-refractivity contribution in [1.29, 1.82) is 0 Å². The fraction of sp³-hybridized carbons (Fsp3) is 0.160. The summed E-state index contributed by atoms with van der Waals surface area (Å²) in [5, 5.41) is 4.07. The number of hydrogen-bond donors (Lipinski definition) is 1. The average molecular weight is 458 g/mol. The number of nitrogens with zero attached hydrogens (tertiary/aromatic N) is 4. The predicted molar refractivity (Wildman–Crippen MR) is 131 cm³/mol. The molecule has 166 valence electrons. The number of pyridine rings is 2. The second kappa shape index (κ2) is 8.91. The molecule has 2 atom stereocenters. The molecule has 0 bridgehead atoms. The zero-order valence-corrected chi connectivity index (χ0v) is 19.1. The standard InChI is InChI=1S/C25H23N5O2S/c1-31-17-11-12-21(32-2)20(16-17)30-24(23(28-25(30)33)18-8-3-5-13-26-18)19-9-7-15-29(19)22-10-4-6-14-27-22/h3-16,23-24H,1-2H3,(H,28,33)/t23-,24-/m1/s1. The van der Waals surface area contributed by atoms with E-state index >= 15 is 0 Å². The van der Waals surface area contributed by atoms with E-state index in [-0.39, 0.29) is 12.1 Å². The van der Waals surface area contributed by atoms with Gasteiger partial charge in [-0.3, -0.25) is 4.98 Å². The highest BCUT2D eigenvalue weighted by Gasteiger charge is 2.43. The molecule has 4 aromatic rings. The van der Waals surface area contributed by atoms with Gasteiger partial charge in [-0.25, -0.2) is 4.98 Å². The van der Waals surface area contributed by atoms with Gasteiger partial charge in [0.05, 0.1) is 31.6 Å². The highest BCUT2D eigenvalue weighted by atomic mass is 32.1. The number of ether oxygens (including phenoxy) is 2. The maximum absolute atomic E-state index is 5.86. The lowest BCUT2D eigenvalue weighted by Gasteiger charge is -2.30. The second-order valence-electron chi connectivity index (χ2n) is 7.53. The largest absolute Gasteiger partial charge is 0.497 e. The lowest BCUT2D eigenvalue weighted by Crippen LogP contribution is -2.30. The van der Waals surface area contributed by atoms with Crippen LogP contribution in [0.1, 0.15) is 23.5 Å². The minimum absolute atomic E-state index is 0.188. The van der Waals surface area contributed by atoms with Crippen molar-refractivity contribution in [2.45, 2.75) is 12.1 Å². The van der Waals surface area contributed by atoms with Crippen LogP contribution < -0.4 is 19.7 Å². The van der Waals surface area contributed by atoms with Crippen molar-refractivity contribution in [1.82, 2.24) is 19.9 Å². The molecule has 4 heterocycles. The van der Waals surface area contributed by atoms with Crippen molar-refractivity contribution in [3.8, 4) is 17.3 Å². The average Bonchev–Trinajstić information content (AvgIpc) is 3.49. The quantitative estimate of drug-likeness (QED) is 0.429. The van der Waals surface area contributed by atoms with Gasteiger partial charge >= 0.3 is 0 Å². The van der Waals surface area contributed by atoms with Crippen molar-refractivity contribution < 1.29 is 9.47 Å². The van der Waals surface area contributed by atoms with E-state index in [1.54, 1.807) is 26.6 Å². The number of hydrogen-bond acceptors (Lipinski definition) is 5. The second-order valence-corrected chi connectivity index (χ2v) is 7.91. The molecule has 0 saturated carbocycles. The SMILES string of the molecule is COc1ccc(OC)c(N2C(=S)N[C@H](c3ccccn3)[C@H]2c2cccn2-c2ccccn2)c1. The first kappa shape index (κ1) is 21.0. The zero-order valence-electron chi connectivity index (χ0n) is 18.3. The molecule has 1 aliphatic rings. The molecule has 1 N–H and O–H groups in total. The molecule has 3 aromatic heterocycles. The summed E-state index contributed by atoms with van der Waals surface area (Å²) >= 11 is 5.86. The van der Waals surface area contributed by atoms with Crippen LogP contribution in [0.25, 0.3) is 5.82 Å². The van der Waals surface area contributed by atoms with Gasteiger partial charge in [0.2, 0.25) is 0 Å². The summed E-state index contributed by atoms with van der Waals surface area (Å²) in [5.74, 6) is 2.24. The first-order valence-corrected chi connectivity index (χ1v) is 10.9. The Hall–Kier alpha value is -3.91. The van der Waals surface area contributed by atoms with Crippen LogP contribution in [0, 0.1) is 0 Å². The molecule has 8 heteroatoms. The fourth-order valence-corrected chi connectivity index (χ4v) is 4.58. The molecule has 5 rings (SSSR count).